The van der Waals surface area contributed by atoms with E-state index in [1.165, 1.54) is 0 Å². The minimum Gasteiger partial charge on any atom is -0.562 e. The topological polar surface area (TPSA) is 98.0 Å². The fourth-order valence-electron chi connectivity index (χ4n) is 0.342. The van der Waals surface area contributed by atoms with Gasteiger partial charge in [0.1, 0.15) is 0 Å². The van der Waals surface area contributed by atoms with Crippen LogP contribution in [-0.2, 0) is 26.5 Å². The second-order valence-electron chi connectivity index (χ2n) is 1.93. The fourth-order valence-corrected chi connectivity index (χ4v) is 0.342. The Morgan fingerprint density at radius 3 is 1.56 bits per heavy atom. The molecular formula is C9H11BO5Ti. The molecule has 0 aliphatic rings. The molecule has 84 valence electrons. The molecule has 0 saturated carbocycles. The summed E-state index contributed by atoms with van der Waals surface area (Å²) < 4.78 is 0. The van der Waals surface area contributed by atoms with Crippen LogP contribution in [0, 0.1) is 12.6 Å². The van der Waals surface area contributed by atoms with E-state index in [1.54, 1.807) is 0 Å². The van der Waals surface area contributed by atoms with Gasteiger partial charge in [0, 0.05) is 0 Å². The largest absolute Gasteiger partial charge is 2.00 e. The van der Waals surface area contributed by atoms with Gasteiger partial charge in [-0.25, -0.2) is 0 Å². The molecule has 0 aliphatic carbocycles. The zero-order chi connectivity index (χ0) is 12.1. The van der Waals surface area contributed by atoms with Crippen molar-refractivity contribution in [2.24, 2.45) is 0 Å². The number of hydrogen-bond donors (Lipinski definition) is 4. The molecule has 0 bridgehead atoms. The quantitative estimate of drug-likeness (QED) is 0.309. The van der Waals surface area contributed by atoms with Gasteiger partial charge in [-0.15, -0.1) is 0 Å². The predicted octanol–water partition coefficient (Wildman–Crippen LogP) is -0.507. The Hall–Kier alpha value is -0.911. The normalized spacial score (nSPS) is 6.69. The Morgan fingerprint density at radius 1 is 1.19 bits per heavy atom. The van der Waals surface area contributed by atoms with Crippen molar-refractivity contribution >= 4 is 13.3 Å². The van der Waals surface area contributed by atoms with Crippen LogP contribution in [0.1, 0.15) is 0 Å². The molecule has 0 spiro atoms. The minimum absolute atomic E-state index is 0. The van der Waals surface area contributed by atoms with Crippen molar-refractivity contribution in [3.63, 3.8) is 0 Å². The van der Waals surface area contributed by atoms with Crippen LogP contribution < -0.4 is 0 Å². The maximum absolute atomic E-state index is 9.19. The summed E-state index contributed by atoms with van der Waals surface area (Å²) in [6, 6.07) is 12.5. The van der Waals surface area contributed by atoms with E-state index < -0.39 is 13.3 Å². The third-order valence-corrected chi connectivity index (χ3v) is 0.750. The van der Waals surface area contributed by atoms with Gasteiger partial charge in [0.25, 0.3) is 0 Å². The zero-order valence-corrected chi connectivity index (χ0v) is 9.88. The summed E-state index contributed by atoms with van der Waals surface area (Å²) in [5.41, 5.74) is 0. The van der Waals surface area contributed by atoms with Gasteiger partial charge in [0.05, 0.1) is 0 Å². The average Bonchev–Trinajstić information content (AvgIpc) is 2.20. The van der Waals surface area contributed by atoms with Gasteiger partial charge < -0.3 is 25.0 Å². The van der Waals surface area contributed by atoms with Gasteiger partial charge in [-0.3, -0.25) is 6.58 Å². The van der Waals surface area contributed by atoms with Crippen molar-refractivity contribution in [2.45, 2.75) is 0 Å². The monoisotopic (exact) mass is 258 g/mol. The van der Waals surface area contributed by atoms with Crippen LogP contribution in [0.15, 0.2) is 36.4 Å². The van der Waals surface area contributed by atoms with Crippen LogP contribution in [0.4, 0.5) is 0 Å². The first-order chi connectivity index (χ1) is 7.00. The van der Waals surface area contributed by atoms with Crippen molar-refractivity contribution in [1.82, 2.24) is 0 Å². The summed E-state index contributed by atoms with van der Waals surface area (Å²) in [6.07, 6.45) is 0.583. The number of aliphatic carboxylic acids is 1. The molecule has 1 aromatic carbocycles. The van der Waals surface area contributed by atoms with Crippen LogP contribution in [0.5, 0.6) is 0 Å². The third-order valence-electron chi connectivity index (χ3n) is 0.750. The first-order valence-electron chi connectivity index (χ1n) is 3.74. The SMILES string of the molecule is OB(O)O.[CH-]=CC(=O)O.[Ti+2].[c-]1ccccc1. The average molecular weight is 258 g/mol. The third kappa shape index (κ3) is 38.1. The van der Waals surface area contributed by atoms with Crippen LogP contribution in [0.25, 0.3) is 0 Å². The molecular weight excluding hydrogens is 247 g/mol. The van der Waals surface area contributed by atoms with Crippen LogP contribution in [-0.4, -0.2) is 33.5 Å². The molecule has 1 rings (SSSR count). The summed E-state index contributed by atoms with van der Waals surface area (Å²) in [5.74, 6) is -1.09. The standard InChI is InChI=1S/C6H5.C3H3O2.BH3O3.Ti/c1-2-4-6-5-3-1;1-2-3(4)5;2-1(3)4;/h1-5H;1-2H,(H,4,5);2-4H;/q2*-1;;+2. The van der Waals surface area contributed by atoms with Crippen molar-refractivity contribution in [3.05, 3.63) is 49.1 Å². The van der Waals surface area contributed by atoms with E-state index in [2.05, 4.69) is 12.6 Å². The number of rotatable bonds is 1. The van der Waals surface area contributed by atoms with E-state index in [4.69, 9.17) is 20.2 Å². The smallest absolute Gasteiger partial charge is 0.562 e. The van der Waals surface area contributed by atoms with Gasteiger partial charge in [-0.05, 0) is 0 Å². The Bertz CT molecular complexity index is 226. The molecule has 0 heterocycles. The van der Waals surface area contributed by atoms with E-state index >= 15 is 0 Å². The van der Waals surface area contributed by atoms with Crippen molar-refractivity contribution in [1.29, 1.82) is 0 Å². The van der Waals surface area contributed by atoms with E-state index in [0.29, 0.717) is 6.08 Å². The first kappa shape index (κ1) is 20.5. The van der Waals surface area contributed by atoms with Crippen LogP contribution in [0.3, 0.4) is 0 Å². The number of carbonyl (C=O) groups is 1. The summed E-state index contributed by atoms with van der Waals surface area (Å²) in [4.78, 5) is 9.19. The van der Waals surface area contributed by atoms with E-state index in [0.717, 1.165) is 0 Å². The Balaban J connectivity index is -0.000000158. The first-order valence-corrected chi connectivity index (χ1v) is 3.74. The molecule has 0 fully saturated rings. The molecule has 16 heavy (non-hydrogen) atoms. The molecule has 0 radical (unpaired) electrons. The molecule has 0 unspecified atom stereocenters. The summed E-state index contributed by atoms with van der Waals surface area (Å²) in [6.45, 7) is 4.45. The fraction of sp³-hybridized carbons (Fsp3) is 0. The molecule has 4 N–H and O–H groups in total. The summed E-state index contributed by atoms with van der Waals surface area (Å²) >= 11 is 0. The molecule has 0 aromatic heterocycles. The van der Waals surface area contributed by atoms with Crippen LogP contribution in [0.2, 0.25) is 0 Å². The van der Waals surface area contributed by atoms with Crippen molar-refractivity contribution in [3.8, 4) is 0 Å². The van der Waals surface area contributed by atoms with Crippen molar-refractivity contribution in [2.75, 3.05) is 0 Å². The molecule has 0 atom stereocenters. The summed E-state index contributed by atoms with van der Waals surface area (Å²) in [5, 5.41) is 29.0. The number of hydrogen-bond acceptors (Lipinski definition) is 4. The van der Waals surface area contributed by atoms with Gasteiger partial charge in [0.2, 0.25) is 0 Å². The second-order valence-corrected chi connectivity index (χ2v) is 1.93. The summed E-state index contributed by atoms with van der Waals surface area (Å²) in [7, 11) is -2.17. The van der Waals surface area contributed by atoms with Gasteiger partial charge in [-0.2, -0.15) is 42.5 Å². The molecule has 1 aromatic rings. The van der Waals surface area contributed by atoms with Crippen LogP contribution >= 0.6 is 0 Å². The van der Waals surface area contributed by atoms with E-state index in [-0.39, 0.29) is 21.7 Å². The number of benzene rings is 1. The number of carboxylic acids is 1. The molecule has 7 heteroatoms. The molecule has 0 saturated heterocycles. The molecule has 5 nitrogen and oxygen atoms in total. The van der Waals surface area contributed by atoms with Gasteiger partial charge in [0.15, 0.2) is 5.97 Å². The second kappa shape index (κ2) is 16.5. The maximum Gasteiger partial charge on any atom is 2.00 e. The van der Waals surface area contributed by atoms with E-state index in [1.807, 2.05) is 30.3 Å². The molecule has 0 amide bonds. The predicted molar refractivity (Wildman–Crippen MR) is 54.2 cm³/mol. The maximum atomic E-state index is 9.19. The van der Waals surface area contributed by atoms with Gasteiger partial charge in [-0.1, -0.05) is 0 Å². The Kier molecular flexibility index (Phi) is 21.2. The Labute approximate surface area is 109 Å². The Morgan fingerprint density at radius 2 is 1.50 bits per heavy atom. The zero-order valence-electron chi connectivity index (χ0n) is 8.32. The van der Waals surface area contributed by atoms with Gasteiger partial charge >= 0.3 is 29.0 Å². The minimum atomic E-state index is -2.17. The molecule has 0 aliphatic heterocycles. The van der Waals surface area contributed by atoms with Crippen molar-refractivity contribution < 1.29 is 46.7 Å². The number of carboxylic acid groups (broad SMARTS) is 1. The van der Waals surface area contributed by atoms with E-state index in [9.17, 15) is 4.79 Å².